The zero-order valence-corrected chi connectivity index (χ0v) is 15.6. The molecule has 0 amide bonds. The molecule has 5 nitrogen and oxygen atoms in total. The molecular weight excluding hydrogens is 362 g/mol. The lowest BCUT2D eigenvalue weighted by Crippen LogP contribution is -2.14. The molecule has 2 aromatic carbocycles. The van der Waals surface area contributed by atoms with Gasteiger partial charge in [0.05, 0.1) is 4.90 Å². The van der Waals surface area contributed by atoms with Crippen LogP contribution in [0.5, 0.6) is 5.75 Å². The first kappa shape index (κ1) is 19.0. The van der Waals surface area contributed by atoms with Gasteiger partial charge in [-0.1, -0.05) is 11.6 Å². The maximum Gasteiger partial charge on any atom is 0.229 e. The van der Waals surface area contributed by atoms with Crippen molar-refractivity contribution in [3.8, 4) is 5.75 Å². The number of Topliss-reactive ketones (excluding diaryl/α,β-unsaturated/α-hetero) is 1. The van der Waals surface area contributed by atoms with Crippen LogP contribution in [-0.4, -0.2) is 39.5 Å². The van der Waals surface area contributed by atoms with Crippen LogP contribution in [0.1, 0.15) is 10.4 Å². The Morgan fingerprint density at radius 3 is 2.08 bits per heavy atom. The Morgan fingerprint density at radius 2 is 1.60 bits per heavy atom. The topological polar surface area (TPSA) is 63.7 Å². The second kappa shape index (κ2) is 7.72. The third-order valence-electron chi connectivity index (χ3n) is 3.19. The van der Waals surface area contributed by atoms with Gasteiger partial charge in [-0.2, -0.15) is 0 Å². The molecule has 0 bridgehead atoms. The molecule has 2 rings (SSSR count). The molecule has 0 aliphatic carbocycles. The molecule has 0 unspecified atom stereocenters. The van der Waals surface area contributed by atoms with E-state index < -0.39 is 9.84 Å². The van der Waals surface area contributed by atoms with Gasteiger partial charge in [-0.3, -0.25) is 4.79 Å². The van der Waals surface area contributed by atoms with Gasteiger partial charge < -0.3 is 9.64 Å². The highest BCUT2D eigenvalue weighted by atomic mass is 35.5. The number of sulfone groups is 1. The summed E-state index contributed by atoms with van der Waals surface area (Å²) in [5.41, 5.74) is 0.328. The molecule has 0 fully saturated rings. The normalized spacial score (nSPS) is 11.9. The summed E-state index contributed by atoms with van der Waals surface area (Å²) in [5.74, 6) is 0.224. The molecule has 0 N–H and O–H groups in total. The Balaban J connectivity index is 2.31. The highest BCUT2D eigenvalue weighted by Gasteiger charge is 2.17. The Bertz CT molecular complexity index is 886. The van der Waals surface area contributed by atoms with E-state index in [1.807, 2.05) is 0 Å². The zero-order chi connectivity index (χ0) is 18.6. The van der Waals surface area contributed by atoms with Crippen molar-refractivity contribution < 1.29 is 17.9 Å². The molecule has 0 aliphatic heterocycles. The van der Waals surface area contributed by atoms with E-state index in [-0.39, 0.29) is 16.4 Å². The van der Waals surface area contributed by atoms with Crippen molar-refractivity contribution >= 4 is 27.2 Å². The standard InChI is InChI=1S/C18H18ClNO4S/c1-20(2)12-17(24-15-8-6-14(19)7-9-15)18(21)13-4-10-16(11-5-13)25(3,22)23/h4-12H,1-3H3/b17-12-. The van der Waals surface area contributed by atoms with E-state index in [1.54, 1.807) is 49.5 Å². The number of rotatable bonds is 6. The van der Waals surface area contributed by atoms with Crippen molar-refractivity contribution in [3.05, 3.63) is 71.1 Å². The number of hydrogen-bond acceptors (Lipinski definition) is 5. The molecule has 0 saturated heterocycles. The molecule has 132 valence electrons. The highest BCUT2D eigenvalue weighted by molar-refractivity contribution is 7.90. The van der Waals surface area contributed by atoms with Crippen molar-refractivity contribution in [2.75, 3.05) is 20.4 Å². The predicted octanol–water partition coefficient (Wildman–Crippen LogP) is 3.41. The van der Waals surface area contributed by atoms with Gasteiger partial charge in [0.25, 0.3) is 0 Å². The molecule has 0 aromatic heterocycles. The van der Waals surface area contributed by atoms with Crippen LogP contribution in [0.3, 0.4) is 0 Å². The average molecular weight is 380 g/mol. The fourth-order valence-electron chi connectivity index (χ4n) is 1.99. The van der Waals surface area contributed by atoms with Crippen LogP contribution < -0.4 is 4.74 Å². The number of benzene rings is 2. The Labute approximate surface area is 152 Å². The third-order valence-corrected chi connectivity index (χ3v) is 4.57. The number of ketones is 1. The van der Waals surface area contributed by atoms with Crippen LogP contribution in [0, 0.1) is 0 Å². The molecule has 0 radical (unpaired) electrons. The van der Waals surface area contributed by atoms with Crippen molar-refractivity contribution in [1.29, 1.82) is 0 Å². The molecule has 0 saturated carbocycles. The summed E-state index contributed by atoms with van der Waals surface area (Å²) >= 11 is 5.85. The first-order chi connectivity index (χ1) is 11.7. The summed E-state index contributed by atoms with van der Waals surface area (Å²) in [4.78, 5) is 14.6. The van der Waals surface area contributed by atoms with E-state index in [4.69, 9.17) is 16.3 Å². The monoisotopic (exact) mass is 379 g/mol. The van der Waals surface area contributed by atoms with E-state index in [1.165, 1.54) is 24.3 Å². The summed E-state index contributed by atoms with van der Waals surface area (Å²) in [6, 6.07) is 12.4. The number of carbonyl (C=O) groups is 1. The second-order valence-corrected chi connectivity index (χ2v) is 8.09. The second-order valence-electron chi connectivity index (χ2n) is 5.64. The van der Waals surface area contributed by atoms with E-state index >= 15 is 0 Å². The van der Waals surface area contributed by atoms with E-state index in [9.17, 15) is 13.2 Å². The summed E-state index contributed by atoms with van der Waals surface area (Å²) in [6.07, 6.45) is 2.67. The van der Waals surface area contributed by atoms with Gasteiger partial charge in [-0.05, 0) is 48.5 Å². The summed E-state index contributed by atoms with van der Waals surface area (Å²) < 4.78 is 28.7. The molecule has 2 aromatic rings. The van der Waals surface area contributed by atoms with E-state index in [0.29, 0.717) is 16.3 Å². The fraction of sp³-hybridized carbons (Fsp3) is 0.167. The van der Waals surface area contributed by atoms with Crippen LogP contribution in [0.4, 0.5) is 0 Å². The summed E-state index contributed by atoms with van der Waals surface area (Å²) in [7, 11) is 0.223. The van der Waals surface area contributed by atoms with Crippen molar-refractivity contribution in [2.45, 2.75) is 4.90 Å². The summed E-state index contributed by atoms with van der Waals surface area (Å²) in [5, 5.41) is 0.563. The molecule has 0 heterocycles. The first-order valence-electron chi connectivity index (χ1n) is 7.33. The predicted molar refractivity (Wildman–Crippen MR) is 97.7 cm³/mol. The quantitative estimate of drug-likeness (QED) is 0.437. The van der Waals surface area contributed by atoms with Crippen LogP contribution in [0.15, 0.2) is 65.4 Å². The van der Waals surface area contributed by atoms with Gasteiger partial charge in [0.2, 0.25) is 5.78 Å². The number of hydrogen-bond donors (Lipinski definition) is 0. The third kappa shape index (κ3) is 5.34. The SMILES string of the molecule is CN(C)/C=C(\Oc1ccc(Cl)cc1)C(=O)c1ccc(S(C)(=O)=O)cc1. The highest BCUT2D eigenvalue weighted by Crippen LogP contribution is 2.20. The first-order valence-corrected chi connectivity index (χ1v) is 9.60. The van der Waals surface area contributed by atoms with Crippen LogP contribution in [0.25, 0.3) is 0 Å². The van der Waals surface area contributed by atoms with E-state index in [0.717, 1.165) is 6.26 Å². The summed E-state index contributed by atoms with van der Waals surface area (Å²) in [6.45, 7) is 0. The van der Waals surface area contributed by atoms with Crippen molar-refractivity contribution in [3.63, 3.8) is 0 Å². The zero-order valence-electron chi connectivity index (χ0n) is 14.1. The maximum absolute atomic E-state index is 12.7. The molecule has 0 atom stereocenters. The number of nitrogens with zero attached hydrogens (tertiary/aromatic N) is 1. The molecule has 7 heteroatoms. The number of carbonyl (C=O) groups excluding carboxylic acids is 1. The van der Waals surface area contributed by atoms with Crippen LogP contribution in [-0.2, 0) is 9.84 Å². The van der Waals surface area contributed by atoms with Crippen molar-refractivity contribution in [2.24, 2.45) is 0 Å². The molecule has 0 spiro atoms. The van der Waals surface area contributed by atoms with Gasteiger partial charge in [0, 0.05) is 37.1 Å². The molecular formula is C18H18ClNO4S. The number of ether oxygens (including phenoxy) is 1. The van der Waals surface area contributed by atoms with Gasteiger partial charge in [0.15, 0.2) is 15.6 Å². The minimum Gasteiger partial charge on any atom is -0.452 e. The van der Waals surface area contributed by atoms with Crippen LogP contribution >= 0.6 is 11.6 Å². The smallest absolute Gasteiger partial charge is 0.229 e. The number of halogens is 1. The lowest BCUT2D eigenvalue weighted by atomic mass is 10.1. The van der Waals surface area contributed by atoms with Gasteiger partial charge in [-0.15, -0.1) is 0 Å². The lowest BCUT2D eigenvalue weighted by Gasteiger charge is -2.13. The Morgan fingerprint density at radius 1 is 1.04 bits per heavy atom. The minimum absolute atomic E-state index is 0.111. The Hall–Kier alpha value is -2.31. The molecule has 0 aliphatic rings. The lowest BCUT2D eigenvalue weighted by molar-refractivity contribution is 0.0982. The van der Waals surface area contributed by atoms with Gasteiger partial charge in [-0.25, -0.2) is 8.42 Å². The minimum atomic E-state index is -3.32. The van der Waals surface area contributed by atoms with Gasteiger partial charge >= 0.3 is 0 Å². The fourth-order valence-corrected chi connectivity index (χ4v) is 2.75. The van der Waals surface area contributed by atoms with Gasteiger partial charge in [0.1, 0.15) is 5.75 Å². The van der Waals surface area contributed by atoms with Crippen LogP contribution in [0.2, 0.25) is 5.02 Å². The number of allylic oxidation sites excluding steroid dienone is 1. The molecule has 25 heavy (non-hydrogen) atoms. The van der Waals surface area contributed by atoms with Crippen molar-refractivity contribution in [1.82, 2.24) is 4.90 Å². The Kier molecular flexibility index (Phi) is 5.87. The van der Waals surface area contributed by atoms with E-state index in [2.05, 4.69) is 0 Å². The largest absolute Gasteiger partial charge is 0.452 e. The maximum atomic E-state index is 12.7. The average Bonchev–Trinajstić information content (AvgIpc) is 2.54.